The zero-order valence-electron chi connectivity index (χ0n) is 5.98. The molecule has 1 N–H and O–H groups in total. The average Bonchev–Trinajstić information content (AvgIpc) is 2.31. The zero-order chi connectivity index (χ0) is 7.90. The highest BCUT2D eigenvalue weighted by Gasteiger charge is 2.38. The Kier molecular flexibility index (Phi) is 1.35. The molecule has 0 aromatic carbocycles. The third-order valence-corrected chi connectivity index (χ3v) is 1.87. The van der Waals surface area contributed by atoms with Crippen LogP contribution in [0, 0.1) is 0 Å². The number of amidine groups is 1. The molecule has 1 fully saturated rings. The summed E-state index contributed by atoms with van der Waals surface area (Å²) < 4.78 is 25.3. The Hall–Kier alpha value is -0.710. The number of rotatable bonds is 0. The Morgan fingerprint density at radius 2 is 2.36 bits per heavy atom. The van der Waals surface area contributed by atoms with Gasteiger partial charge in [0, 0.05) is 0 Å². The van der Waals surface area contributed by atoms with Crippen LogP contribution in [0.15, 0.2) is 4.99 Å². The van der Waals surface area contributed by atoms with Crippen LogP contribution in [0.5, 0.6) is 0 Å². The first-order valence-electron chi connectivity index (χ1n) is 3.54. The van der Waals surface area contributed by atoms with E-state index in [1.54, 1.807) is 4.90 Å². The van der Waals surface area contributed by atoms with Gasteiger partial charge in [-0.25, -0.2) is 8.78 Å². The molecule has 62 valence electrons. The second-order valence-electron chi connectivity index (χ2n) is 2.87. The highest BCUT2D eigenvalue weighted by molar-refractivity contribution is 5.86. The van der Waals surface area contributed by atoms with Crippen LogP contribution < -0.4 is 5.32 Å². The van der Waals surface area contributed by atoms with E-state index in [9.17, 15) is 8.78 Å². The lowest BCUT2D eigenvalue weighted by Crippen LogP contribution is -2.44. The van der Waals surface area contributed by atoms with Gasteiger partial charge in [-0.05, 0) is 0 Å². The SMILES string of the molecule is FC1(F)CN=C2CNCN2C1. The summed E-state index contributed by atoms with van der Waals surface area (Å²) in [5.74, 6) is -1.86. The molecule has 0 amide bonds. The Morgan fingerprint density at radius 3 is 3.18 bits per heavy atom. The lowest BCUT2D eigenvalue weighted by Gasteiger charge is -2.27. The van der Waals surface area contributed by atoms with Crippen LogP contribution in [0.3, 0.4) is 0 Å². The summed E-state index contributed by atoms with van der Waals surface area (Å²) in [6.07, 6.45) is 0. The number of alkyl halides is 2. The molecule has 5 heteroatoms. The summed E-state index contributed by atoms with van der Waals surface area (Å²) in [6.45, 7) is 0.615. The highest BCUT2D eigenvalue weighted by atomic mass is 19.3. The molecule has 0 aliphatic carbocycles. The molecule has 1 saturated heterocycles. The molecule has 2 aliphatic rings. The maximum Gasteiger partial charge on any atom is 0.284 e. The van der Waals surface area contributed by atoms with Gasteiger partial charge in [-0.15, -0.1) is 0 Å². The normalized spacial score (nSPS) is 28.2. The van der Waals surface area contributed by atoms with E-state index in [0.717, 1.165) is 5.84 Å². The third-order valence-electron chi connectivity index (χ3n) is 1.87. The van der Waals surface area contributed by atoms with Gasteiger partial charge in [0.25, 0.3) is 5.92 Å². The second kappa shape index (κ2) is 2.14. The van der Waals surface area contributed by atoms with Crippen molar-refractivity contribution in [1.29, 1.82) is 0 Å². The van der Waals surface area contributed by atoms with Gasteiger partial charge in [0.2, 0.25) is 0 Å². The summed E-state index contributed by atoms with van der Waals surface area (Å²) in [5, 5.41) is 2.96. The topological polar surface area (TPSA) is 27.6 Å². The van der Waals surface area contributed by atoms with E-state index >= 15 is 0 Å². The Labute approximate surface area is 63.1 Å². The number of aliphatic imine (C=N–C) groups is 1. The Bertz CT molecular complexity index is 202. The van der Waals surface area contributed by atoms with Crippen LogP contribution in [0.1, 0.15) is 0 Å². The molecule has 0 aromatic rings. The largest absolute Gasteiger partial charge is 0.340 e. The molecular formula is C6H9F2N3. The quantitative estimate of drug-likeness (QED) is 0.537. The number of fused-ring (bicyclic) bond motifs is 1. The number of nitrogens with one attached hydrogen (secondary N) is 1. The average molecular weight is 161 g/mol. The molecule has 2 aliphatic heterocycles. The van der Waals surface area contributed by atoms with Gasteiger partial charge in [-0.3, -0.25) is 10.3 Å². The van der Waals surface area contributed by atoms with Crippen molar-refractivity contribution in [3.8, 4) is 0 Å². The first-order valence-corrected chi connectivity index (χ1v) is 3.54. The van der Waals surface area contributed by atoms with Gasteiger partial charge < -0.3 is 4.90 Å². The molecule has 0 unspecified atom stereocenters. The van der Waals surface area contributed by atoms with Crippen LogP contribution in [-0.4, -0.2) is 43.0 Å². The fraction of sp³-hybridized carbons (Fsp3) is 0.833. The molecule has 0 aromatic heterocycles. The summed E-state index contributed by atoms with van der Waals surface area (Å²) >= 11 is 0. The minimum atomic E-state index is -2.63. The first kappa shape index (κ1) is 6.97. The lowest BCUT2D eigenvalue weighted by atomic mass is 10.2. The fourth-order valence-corrected chi connectivity index (χ4v) is 1.34. The van der Waals surface area contributed by atoms with Crippen molar-refractivity contribution in [3.63, 3.8) is 0 Å². The summed E-state index contributed by atoms with van der Waals surface area (Å²) in [6, 6.07) is 0. The van der Waals surface area contributed by atoms with Crippen LogP contribution in [0.25, 0.3) is 0 Å². The lowest BCUT2D eigenvalue weighted by molar-refractivity contribution is -0.0135. The van der Waals surface area contributed by atoms with Crippen molar-refractivity contribution in [3.05, 3.63) is 0 Å². The highest BCUT2D eigenvalue weighted by Crippen LogP contribution is 2.21. The molecule has 11 heavy (non-hydrogen) atoms. The van der Waals surface area contributed by atoms with Gasteiger partial charge in [-0.1, -0.05) is 0 Å². The van der Waals surface area contributed by atoms with E-state index in [-0.39, 0.29) is 13.1 Å². The van der Waals surface area contributed by atoms with Crippen LogP contribution in [0.2, 0.25) is 0 Å². The van der Waals surface area contributed by atoms with E-state index in [2.05, 4.69) is 10.3 Å². The minimum absolute atomic E-state index is 0.182. The van der Waals surface area contributed by atoms with E-state index in [1.165, 1.54) is 0 Å². The first-order chi connectivity index (χ1) is 5.17. The number of nitrogens with zero attached hydrogens (tertiary/aromatic N) is 2. The van der Waals surface area contributed by atoms with Crippen molar-refractivity contribution in [1.82, 2.24) is 10.2 Å². The van der Waals surface area contributed by atoms with Crippen molar-refractivity contribution >= 4 is 5.84 Å². The Balaban J connectivity index is 2.16. The molecule has 2 heterocycles. The number of hydrogen-bond acceptors (Lipinski definition) is 3. The van der Waals surface area contributed by atoms with Crippen molar-refractivity contribution in [2.24, 2.45) is 4.99 Å². The smallest absolute Gasteiger partial charge is 0.284 e. The molecular weight excluding hydrogens is 152 g/mol. The zero-order valence-corrected chi connectivity index (χ0v) is 5.98. The maximum absolute atomic E-state index is 12.7. The fourth-order valence-electron chi connectivity index (χ4n) is 1.34. The van der Waals surface area contributed by atoms with Crippen LogP contribution in [-0.2, 0) is 0 Å². The van der Waals surface area contributed by atoms with E-state index in [1.807, 2.05) is 0 Å². The maximum atomic E-state index is 12.7. The van der Waals surface area contributed by atoms with Crippen LogP contribution >= 0.6 is 0 Å². The van der Waals surface area contributed by atoms with Crippen molar-refractivity contribution in [2.75, 3.05) is 26.3 Å². The van der Waals surface area contributed by atoms with Gasteiger partial charge >= 0.3 is 0 Å². The van der Waals surface area contributed by atoms with Gasteiger partial charge in [0.15, 0.2) is 0 Å². The molecule has 0 atom stereocenters. The van der Waals surface area contributed by atoms with E-state index in [4.69, 9.17) is 0 Å². The van der Waals surface area contributed by atoms with E-state index < -0.39 is 5.92 Å². The number of halogens is 2. The molecule has 3 nitrogen and oxygen atoms in total. The monoisotopic (exact) mass is 161 g/mol. The Morgan fingerprint density at radius 1 is 1.55 bits per heavy atom. The summed E-state index contributed by atoms with van der Waals surface area (Å²) in [7, 11) is 0. The van der Waals surface area contributed by atoms with Gasteiger partial charge in [0.1, 0.15) is 12.4 Å². The summed E-state index contributed by atoms with van der Waals surface area (Å²) in [5.41, 5.74) is 0. The third kappa shape index (κ3) is 1.20. The van der Waals surface area contributed by atoms with Crippen molar-refractivity contribution < 1.29 is 8.78 Å². The van der Waals surface area contributed by atoms with Gasteiger partial charge in [-0.2, -0.15) is 0 Å². The molecule has 0 saturated carbocycles. The van der Waals surface area contributed by atoms with Crippen LogP contribution in [0.4, 0.5) is 8.78 Å². The summed E-state index contributed by atoms with van der Waals surface area (Å²) in [4.78, 5) is 5.36. The molecule has 0 bridgehead atoms. The number of hydrogen-bond donors (Lipinski definition) is 1. The van der Waals surface area contributed by atoms with E-state index in [0.29, 0.717) is 13.2 Å². The molecule has 2 rings (SSSR count). The molecule has 0 radical (unpaired) electrons. The predicted molar refractivity (Wildman–Crippen MR) is 36.8 cm³/mol. The minimum Gasteiger partial charge on any atom is -0.340 e. The molecule has 0 spiro atoms. The second-order valence-corrected chi connectivity index (χ2v) is 2.87. The van der Waals surface area contributed by atoms with Crippen molar-refractivity contribution in [2.45, 2.75) is 5.92 Å². The predicted octanol–water partition coefficient (Wildman–Crippen LogP) is -0.104. The van der Waals surface area contributed by atoms with Gasteiger partial charge in [0.05, 0.1) is 19.8 Å². The standard InChI is InChI=1S/C6H9F2N3/c7-6(8)2-10-5-1-9-4-11(5)3-6/h9H,1-4H2.